The third-order valence-corrected chi connectivity index (χ3v) is 2.92. The predicted octanol–water partition coefficient (Wildman–Crippen LogP) is 1.67. The molecular formula is C16H15N3O3. The Morgan fingerprint density at radius 2 is 1.59 bits per heavy atom. The van der Waals surface area contributed by atoms with Crippen LogP contribution in [0.1, 0.15) is 15.9 Å². The maximum Gasteiger partial charge on any atom is 0.314 e. The van der Waals surface area contributed by atoms with E-state index in [1.165, 1.54) is 12.1 Å². The zero-order valence-corrected chi connectivity index (χ0v) is 11.9. The van der Waals surface area contributed by atoms with Gasteiger partial charge in [-0.1, -0.05) is 24.3 Å². The molecule has 0 aliphatic rings. The topological polar surface area (TPSA) is 101 Å². The van der Waals surface area contributed by atoms with Crippen LogP contribution < -0.4 is 16.4 Å². The van der Waals surface area contributed by atoms with Crippen LogP contribution in [-0.2, 0) is 9.59 Å². The van der Waals surface area contributed by atoms with Crippen molar-refractivity contribution in [3.8, 4) is 0 Å². The third-order valence-electron chi connectivity index (χ3n) is 2.92. The van der Waals surface area contributed by atoms with Gasteiger partial charge in [0.15, 0.2) is 0 Å². The number of primary amides is 1. The first-order valence-electron chi connectivity index (χ1n) is 6.55. The molecule has 4 N–H and O–H groups in total. The highest BCUT2D eigenvalue weighted by Gasteiger charge is 2.16. The SMILES string of the molecule is Cc1cccc(NC(=O)C(=O)Nc2ccccc2C(N)=O)c1. The number of nitrogens with two attached hydrogens (primary N) is 1. The second-order valence-corrected chi connectivity index (χ2v) is 4.69. The summed E-state index contributed by atoms with van der Waals surface area (Å²) in [5.41, 5.74) is 7.02. The molecule has 6 nitrogen and oxygen atoms in total. The Morgan fingerprint density at radius 3 is 2.27 bits per heavy atom. The van der Waals surface area contributed by atoms with Gasteiger partial charge in [-0.25, -0.2) is 0 Å². The highest BCUT2D eigenvalue weighted by atomic mass is 16.2. The molecule has 0 aliphatic carbocycles. The van der Waals surface area contributed by atoms with E-state index in [9.17, 15) is 14.4 Å². The molecule has 2 aromatic carbocycles. The van der Waals surface area contributed by atoms with Crippen LogP contribution in [0.15, 0.2) is 48.5 Å². The largest absolute Gasteiger partial charge is 0.366 e. The third kappa shape index (κ3) is 3.69. The van der Waals surface area contributed by atoms with E-state index in [1.807, 2.05) is 13.0 Å². The molecular weight excluding hydrogens is 282 g/mol. The van der Waals surface area contributed by atoms with Crippen LogP contribution >= 0.6 is 0 Å². The van der Waals surface area contributed by atoms with Crippen molar-refractivity contribution in [2.75, 3.05) is 10.6 Å². The van der Waals surface area contributed by atoms with E-state index in [1.54, 1.807) is 30.3 Å². The number of rotatable bonds is 3. The number of anilines is 2. The van der Waals surface area contributed by atoms with E-state index in [-0.39, 0.29) is 11.3 Å². The highest BCUT2D eigenvalue weighted by Crippen LogP contribution is 2.14. The Morgan fingerprint density at radius 1 is 0.909 bits per heavy atom. The molecule has 0 saturated heterocycles. The number of benzene rings is 2. The fourth-order valence-corrected chi connectivity index (χ4v) is 1.90. The zero-order valence-electron chi connectivity index (χ0n) is 11.9. The Labute approximate surface area is 127 Å². The van der Waals surface area contributed by atoms with Gasteiger partial charge in [0.05, 0.1) is 11.3 Å². The zero-order chi connectivity index (χ0) is 16.1. The lowest BCUT2D eigenvalue weighted by Gasteiger charge is -2.09. The smallest absolute Gasteiger partial charge is 0.314 e. The summed E-state index contributed by atoms with van der Waals surface area (Å²) >= 11 is 0. The lowest BCUT2D eigenvalue weighted by molar-refractivity contribution is -0.133. The summed E-state index contributed by atoms with van der Waals surface area (Å²) in [6.07, 6.45) is 0. The molecule has 0 aliphatic heterocycles. The van der Waals surface area contributed by atoms with Gasteiger partial charge in [0.25, 0.3) is 5.91 Å². The first-order valence-corrected chi connectivity index (χ1v) is 6.55. The second kappa shape index (κ2) is 6.53. The molecule has 2 rings (SSSR count). The van der Waals surface area contributed by atoms with Gasteiger partial charge in [-0.2, -0.15) is 0 Å². The van der Waals surface area contributed by atoms with Crippen molar-refractivity contribution < 1.29 is 14.4 Å². The maximum atomic E-state index is 11.9. The molecule has 0 fully saturated rings. The fraction of sp³-hybridized carbons (Fsp3) is 0.0625. The Kier molecular flexibility index (Phi) is 4.53. The van der Waals surface area contributed by atoms with Crippen LogP contribution in [0.2, 0.25) is 0 Å². The van der Waals surface area contributed by atoms with Crippen molar-refractivity contribution in [3.05, 3.63) is 59.7 Å². The van der Waals surface area contributed by atoms with Gasteiger partial charge in [-0.05, 0) is 36.8 Å². The van der Waals surface area contributed by atoms with Gasteiger partial charge < -0.3 is 16.4 Å². The number of carbonyl (C=O) groups is 3. The molecule has 2 aromatic rings. The van der Waals surface area contributed by atoms with E-state index < -0.39 is 17.7 Å². The molecule has 0 atom stereocenters. The Bertz CT molecular complexity index is 741. The molecule has 0 spiro atoms. The van der Waals surface area contributed by atoms with Crippen molar-refractivity contribution in [2.45, 2.75) is 6.92 Å². The van der Waals surface area contributed by atoms with Crippen molar-refractivity contribution in [2.24, 2.45) is 5.73 Å². The summed E-state index contributed by atoms with van der Waals surface area (Å²) in [5.74, 6) is -2.39. The molecule has 0 bridgehead atoms. The van der Waals surface area contributed by atoms with E-state index in [4.69, 9.17) is 5.73 Å². The molecule has 6 heteroatoms. The van der Waals surface area contributed by atoms with Crippen LogP contribution in [0.25, 0.3) is 0 Å². The van der Waals surface area contributed by atoms with Crippen LogP contribution in [0.4, 0.5) is 11.4 Å². The maximum absolute atomic E-state index is 11.9. The lowest BCUT2D eigenvalue weighted by Crippen LogP contribution is -2.30. The number of para-hydroxylation sites is 1. The highest BCUT2D eigenvalue weighted by molar-refractivity contribution is 6.44. The van der Waals surface area contributed by atoms with Crippen LogP contribution in [0, 0.1) is 6.92 Å². The number of carbonyl (C=O) groups excluding carboxylic acids is 3. The average molecular weight is 297 g/mol. The summed E-state index contributed by atoms with van der Waals surface area (Å²) in [7, 11) is 0. The Hall–Kier alpha value is -3.15. The summed E-state index contributed by atoms with van der Waals surface area (Å²) in [6, 6.07) is 13.3. The molecule has 0 radical (unpaired) electrons. The first-order chi connectivity index (χ1) is 10.5. The summed E-state index contributed by atoms with van der Waals surface area (Å²) in [6.45, 7) is 1.87. The normalized spacial score (nSPS) is 9.86. The van der Waals surface area contributed by atoms with Gasteiger partial charge in [0.2, 0.25) is 0 Å². The fourth-order valence-electron chi connectivity index (χ4n) is 1.90. The standard InChI is InChI=1S/C16H15N3O3/c1-10-5-4-6-11(9-10)18-15(21)16(22)19-13-8-3-2-7-12(13)14(17)20/h2-9H,1H3,(H2,17,20)(H,18,21)(H,19,22). The minimum absolute atomic E-state index is 0.138. The van der Waals surface area contributed by atoms with Crippen LogP contribution in [0.5, 0.6) is 0 Å². The van der Waals surface area contributed by atoms with Crippen molar-refractivity contribution in [1.29, 1.82) is 0 Å². The van der Waals surface area contributed by atoms with Crippen LogP contribution in [0.3, 0.4) is 0 Å². The van der Waals surface area contributed by atoms with Gasteiger partial charge in [0.1, 0.15) is 0 Å². The van der Waals surface area contributed by atoms with Gasteiger partial charge in [0, 0.05) is 5.69 Å². The van der Waals surface area contributed by atoms with Crippen molar-refractivity contribution in [1.82, 2.24) is 0 Å². The number of aryl methyl sites for hydroxylation is 1. The molecule has 0 heterocycles. The van der Waals surface area contributed by atoms with E-state index in [0.717, 1.165) is 5.56 Å². The van der Waals surface area contributed by atoms with Crippen molar-refractivity contribution >= 4 is 29.1 Å². The van der Waals surface area contributed by atoms with Crippen molar-refractivity contribution in [3.63, 3.8) is 0 Å². The molecule has 0 aromatic heterocycles. The van der Waals surface area contributed by atoms with Gasteiger partial charge in [-0.15, -0.1) is 0 Å². The molecule has 22 heavy (non-hydrogen) atoms. The number of hydrogen-bond acceptors (Lipinski definition) is 3. The number of amides is 3. The molecule has 3 amide bonds. The predicted molar refractivity (Wildman–Crippen MR) is 83.4 cm³/mol. The minimum Gasteiger partial charge on any atom is -0.366 e. The lowest BCUT2D eigenvalue weighted by atomic mass is 10.1. The summed E-state index contributed by atoms with van der Waals surface area (Å²) < 4.78 is 0. The van der Waals surface area contributed by atoms with E-state index >= 15 is 0 Å². The minimum atomic E-state index is -0.879. The monoisotopic (exact) mass is 297 g/mol. The average Bonchev–Trinajstić information content (AvgIpc) is 2.47. The number of nitrogens with one attached hydrogen (secondary N) is 2. The van der Waals surface area contributed by atoms with Crippen LogP contribution in [-0.4, -0.2) is 17.7 Å². The van der Waals surface area contributed by atoms with Gasteiger partial charge in [-0.3, -0.25) is 14.4 Å². The quantitative estimate of drug-likeness (QED) is 0.751. The van der Waals surface area contributed by atoms with Gasteiger partial charge >= 0.3 is 11.8 Å². The Balaban J connectivity index is 2.09. The summed E-state index contributed by atoms with van der Waals surface area (Å²) in [5, 5.41) is 4.86. The number of hydrogen-bond donors (Lipinski definition) is 3. The molecule has 112 valence electrons. The molecule has 0 saturated carbocycles. The molecule has 0 unspecified atom stereocenters. The summed E-state index contributed by atoms with van der Waals surface area (Å²) in [4.78, 5) is 35.0. The van der Waals surface area contributed by atoms with E-state index in [2.05, 4.69) is 10.6 Å². The van der Waals surface area contributed by atoms with E-state index in [0.29, 0.717) is 5.69 Å². The second-order valence-electron chi connectivity index (χ2n) is 4.69. The first kappa shape index (κ1) is 15.2.